The standard InChI is InChI=1S/C26H34N4O3/c1-7-19(4)29(26(31)27-18(2)3)17-24-20(5)28-30(21-11-9-8-10-12-21)25(24)33-23-15-13-22(32-6)14-16-23/h8-16,18-19H,7,17H2,1-6H3,(H,27,31). The molecule has 2 aromatic carbocycles. The molecule has 1 aromatic heterocycles. The Kier molecular flexibility index (Phi) is 7.98. The molecule has 0 spiro atoms. The van der Waals surface area contributed by atoms with Crippen LogP contribution in [0, 0.1) is 6.92 Å². The van der Waals surface area contributed by atoms with Crippen molar-refractivity contribution < 1.29 is 14.3 Å². The normalized spacial score (nSPS) is 11.8. The van der Waals surface area contributed by atoms with Gasteiger partial charge in [0.15, 0.2) is 0 Å². The third-order valence-electron chi connectivity index (χ3n) is 5.54. The summed E-state index contributed by atoms with van der Waals surface area (Å²) in [5, 5.41) is 7.80. The van der Waals surface area contributed by atoms with Crippen LogP contribution in [0.5, 0.6) is 17.4 Å². The van der Waals surface area contributed by atoms with Gasteiger partial charge in [-0.25, -0.2) is 9.48 Å². The lowest BCUT2D eigenvalue weighted by molar-refractivity contribution is 0.170. The van der Waals surface area contributed by atoms with Crippen LogP contribution in [-0.4, -0.2) is 39.9 Å². The van der Waals surface area contributed by atoms with Gasteiger partial charge in [-0.15, -0.1) is 0 Å². The van der Waals surface area contributed by atoms with Gasteiger partial charge in [-0.3, -0.25) is 0 Å². The van der Waals surface area contributed by atoms with E-state index in [0.717, 1.165) is 29.1 Å². The second-order valence-electron chi connectivity index (χ2n) is 8.38. The van der Waals surface area contributed by atoms with Crippen LogP contribution in [0.25, 0.3) is 5.69 Å². The second kappa shape index (κ2) is 10.9. The Morgan fingerprint density at radius 3 is 2.27 bits per heavy atom. The highest BCUT2D eigenvalue weighted by molar-refractivity contribution is 5.75. The molecule has 33 heavy (non-hydrogen) atoms. The maximum absolute atomic E-state index is 13.0. The van der Waals surface area contributed by atoms with Gasteiger partial charge in [-0.1, -0.05) is 25.1 Å². The minimum Gasteiger partial charge on any atom is -0.497 e. The zero-order chi connectivity index (χ0) is 24.0. The molecule has 176 valence electrons. The Morgan fingerprint density at radius 1 is 1.06 bits per heavy atom. The van der Waals surface area contributed by atoms with Gasteiger partial charge in [0.2, 0.25) is 5.88 Å². The van der Waals surface area contributed by atoms with Crippen LogP contribution in [0.4, 0.5) is 4.79 Å². The summed E-state index contributed by atoms with van der Waals surface area (Å²) in [6.45, 7) is 10.4. The van der Waals surface area contributed by atoms with Gasteiger partial charge in [0, 0.05) is 12.1 Å². The fourth-order valence-corrected chi connectivity index (χ4v) is 3.47. The smallest absolute Gasteiger partial charge is 0.318 e. The number of methoxy groups -OCH3 is 1. The lowest BCUT2D eigenvalue weighted by Gasteiger charge is -2.30. The molecular weight excluding hydrogens is 416 g/mol. The number of ether oxygens (including phenoxy) is 2. The van der Waals surface area contributed by atoms with Gasteiger partial charge < -0.3 is 19.7 Å². The molecule has 0 saturated carbocycles. The van der Waals surface area contributed by atoms with E-state index in [1.807, 2.05) is 80.3 Å². The van der Waals surface area contributed by atoms with Crippen molar-refractivity contribution in [3.05, 3.63) is 65.9 Å². The highest BCUT2D eigenvalue weighted by atomic mass is 16.5. The van der Waals surface area contributed by atoms with Crippen molar-refractivity contribution in [2.75, 3.05) is 7.11 Å². The molecule has 0 radical (unpaired) electrons. The minimum absolute atomic E-state index is 0.0483. The Labute approximate surface area is 196 Å². The maximum atomic E-state index is 13.0. The van der Waals surface area contributed by atoms with Crippen LogP contribution in [0.1, 0.15) is 45.4 Å². The average Bonchev–Trinajstić information content (AvgIpc) is 3.12. The topological polar surface area (TPSA) is 68.6 Å². The van der Waals surface area contributed by atoms with Crippen molar-refractivity contribution in [2.24, 2.45) is 0 Å². The average molecular weight is 451 g/mol. The van der Waals surface area contributed by atoms with E-state index in [-0.39, 0.29) is 18.1 Å². The molecule has 3 rings (SSSR count). The largest absolute Gasteiger partial charge is 0.497 e. The summed E-state index contributed by atoms with van der Waals surface area (Å²) in [6.07, 6.45) is 0.839. The zero-order valence-electron chi connectivity index (χ0n) is 20.3. The van der Waals surface area contributed by atoms with Gasteiger partial charge >= 0.3 is 6.03 Å². The first kappa shape index (κ1) is 24.2. The molecule has 3 aromatic rings. The quantitative estimate of drug-likeness (QED) is 0.454. The summed E-state index contributed by atoms with van der Waals surface area (Å²) in [4.78, 5) is 14.9. The first-order valence-electron chi connectivity index (χ1n) is 11.4. The predicted molar refractivity (Wildman–Crippen MR) is 130 cm³/mol. The van der Waals surface area contributed by atoms with E-state index < -0.39 is 0 Å². The van der Waals surface area contributed by atoms with E-state index in [1.165, 1.54) is 0 Å². The van der Waals surface area contributed by atoms with E-state index in [2.05, 4.69) is 19.2 Å². The van der Waals surface area contributed by atoms with Crippen LogP contribution >= 0.6 is 0 Å². The number of urea groups is 1. The molecule has 2 amide bonds. The molecule has 0 bridgehead atoms. The summed E-state index contributed by atoms with van der Waals surface area (Å²) < 4.78 is 13.4. The van der Waals surface area contributed by atoms with Crippen molar-refractivity contribution in [1.82, 2.24) is 20.0 Å². The number of carbonyl (C=O) groups is 1. The molecule has 0 saturated heterocycles. The van der Waals surface area contributed by atoms with Gasteiger partial charge in [0.25, 0.3) is 0 Å². The van der Waals surface area contributed by atoms with Crippen LogP contribution < -0.4 is 14.8 Å². The third-order valence-corrected chi connectivity index (χ3v) is 5.54. The SMILES string of the molecule is CCC(C)N(Cc1c(C)nn(-c2ccccc2)c1Oc1ccc(OC)cc1)C(=O)NC(C)C. The van der Waals surface area contributed by atoms with Crippen LogP contribution in [0.15, 0.2) is 54.6 Å². The molecule has 0 aliphatic heterocycles. The van der Waals surface area contributed by atoms with Crippen molar-refractivity contribution in [2.45, 2.75) is 59.7 Å². The molecule has 1 atom stereocenters. The molecular formula is C26H34N4O3. The summed E-state index contributed by atoms with van der Waals surface area (Å²) >= 11 is 0. The highest BCUT2D eigenvalue weighted by Gasteiger charge is 2.26. The van der Waals surface area contributed by atoms with Gasteiger partial charge in [-0.2, -0.15) is 5.10 Å². The second-order valence-corrected chi connectivity index (χ2v) is 8.38. The number of para-hydroxylation sites is 1. The summed E-state index contributed by atoms with van der Waals surface area (Å²) in [5.41, 5.74) is 2.57. The molecule has 0 fully saturated rings. The number of carbonyl (C=O) groups excluding carboxylic acids is 1. The Morgan fingerprint density at radius 2 is 1.70 bits per heavy atom. The van der Waals surface area contributed by atoms with E-state index in [4.69, 9.17) is 14.6 Å². The van der Waals surface area contributed by atoms with E-state index in [0.29, 0.717) is 18.2 Å². The van der Waals surface area contributed by atoms with Crippen molar-refractivity contribution in [1.29, 1.82) is 0 Å². The maximum Gasteiger partial charge on any atom is 0.318 e. The van der Waals surface area contributed by atoms with Crippen molar-refractivity contribution in [3.63, 3.8) is 0 Å². The molecule has 1 unspecified atom stereocenters. The van der Waals surface area contributed by atoms with Crippen LogP contribution in [-0.2, 0) is 6.54 Å². The summed E-state index contributed by atoms with van der Waals surface area (Å²) in [7, 11) is 1.63. The lowest BCUT2D eigenvalue weighted by atomic mass is 10.1. The summed E-state index contributed by atoms with van der Waals surface area (Å²) in [5.74, 6) is 2.01. The number of hydrogen-bond acceptors (Lipinski definition) is 4. The number of benzene rings is 2. The molecule has 7 heteroatoms. The van der Waals surface area contributed by atoms with Crippen molar-refractivity contribution in [3.8, 4) is 23.1 Å². The number of aromatic nitrogens is 2. The summed E-state index contributed by atoms with van der Waals surface area (Å²) in [6, 6.07) is 17.3. The number of aryl methyl sites for hydroxylation is 1. The first-order chi connectivity index (χ1) is 15.8. The third kappa shape index (κ3) is 5.86. The number of nitrogens with one attached hydrogen (secondary N) is 1. The fraction of sp³-hybridized carbons (Fsp3) is 0.385. The van der Waals surface area contributed by atoms with Gasteiger partial charge in [0.1, 0.15) is 11.5 Å². The molecule has 7 nitrogen and oxygen atoms in total. The van der Waals surface area contributed by atoms with E-state index >= 15 is 0 Å². The first-order valence-corrected chi connectivity index (χ1v) is 11.4. The Balaban J connectivity index is 2.05. The van der Waals surface area contributed by atoms with Gasteiger partial charge in [-0.05, 0) is 70.5 Å². The number of hydrogen-bond donors (Lipinski definition) is 1. The van der Waals surface area contributed by atoms with Gasteiger partial charge in [0.05, 0.1) is 30.6 Å². The Bertz CT molecular complexity index is 1050. The van der Waals surface area contributed by atoms with Crippen molar-refractivity contribution >= 4 is 6.03 Å². The molecule has 0 aliphatic carbocycles. The van der Waals surface area contributed by atoms with Crippen LogP contribution in [0.2, 0.25) is 0 Å². The number of nitrogens with zero attached hydrogens (tertiary/aromatic N) is 3. The molecule has 1 N–H and O–H groups in total. The van der Waals surface area contributed by atoms with Crippen LogP contribution in [0.3, 0.4) is 0 Å². The van der Waals surface area contributed by atoms with E-state index in [9.17, 15) is 4.79 Å². The molecule has 0 aliphatic rings. The molecule has 1 heterocycles. The monoisotopic (exact) mass is 450 g/mol. The number of rotatable bonds is 9. The minimum atomic E-state index is -0.0957. The predicted octanol–water partition coefficient (Wildman–Crippen LogP) is 5.70. The highest BCUT2D eigenvalue weighted by Crippen LogP contribution is 2.33. The fourth-order valence-electron chi connectivity index (χ4n) is 3.47. The van der Waals surface area contributed by atoms with E-state index in [1.54, 1.807) is 11.8 Å². The Hall–Kier alpha value is -3.48. The zero-order valence-corrected chi connectivity index (χ0v) is 20.3. The number of amides is 2. The lowest BCUT2D eigenvalue weighted by Crippen LogP contribution is -2.46.